The van der Waals surface area contributed by atoms with E-state index in [0.717, 1.165) is 18.4 Å². The summed E-state index contributed by atoms with van der Waals surface area (Å²) in [5.41, 5.74) is -0.159. The third kappa shape index (κ3) is 6.45. The number of rotatable bonds is 8. The summed E-state index contributed by atoms with van der Waals surface area (Å²) in [6, 6.07) is 16.0. The number of carbonyl (C=O) groups excluding carboxylic acids is 1. The molecule has 5 rings (SSSR count). The molecule has 0 bridgehead atoms. The largest absolute Gasteiger partial charge is 0.331 e. The van der Waals surface area contributed by atoms with Gasteiger partial charge in [-0.3, -0.25) is 9.59 Å². The second-order valence-electron chi connectivity index (χ2n) is 9.77. The van der Waals surface area contributed by atoms with Crippen molar-refractivity contribution < 1.29 is 30.4 Å². The van der Waals surface area contributed by atoms with Crippen molar-refractivity contribution in [3.05, 3.63) is 122 Å². The predicted molar refractivity (Wildman–Crippen MR) is 161 cm³/mol. The Morgan fingerprint density at radius 1 is 0.977 bits per heavy atom. The minimum Gasteiger partial charge on any atom is -0.331 e. The SMILES string of the molecule is CS(=O)(=O)Cc1cccc(S(=O)(=O)NC(=O)c2c(-c3ccc[nH]c3=O)c3cc(Br)ccc3n2Cc2ccc(F)cc2F)c1. The molecule has 3 aromatic carbocycles. The summed E-state index contributed by atoms with van der Waals surface area (Å²) in [7, 11) is -8.05. The molecule has 0 aliphatic carbocycles. The Morgan fingerprint density at radius 2 is 1.74 bits per heavy atom. The van der Waals surface area contributed by atoms with Crippen molar-refractivity contribution >= 4 is 52.6 Å². The number of amides is 1. The van der Waals surface area contributed by atoms with E-state index >= 15 is 0 Å². The number of hydrogen-bond donors (Lipinski definition) is 2. The molecule has 0 aliphatic rings. The van der Waals surface area contributed by atoms with Crippen LogP contribution < -0.4 is 10.3 Å². The molecule has 0 spiro atoms. The number of hydrogen-bond acceptors (Lipinski definition) is 6. The number of sulfone groups is 1. The molecule has 2 aromatic heterocycles. The van der Waals surface area contributed by atoms with E-state index in [4.69, 9.17) is 0 Å². The van der Waals surface area contributed by atoms with Crippen molar-refractivity contribution in [2.75, 3.05) is 6.26 Å². The first-order valence-electron chi connectivity index (χ1n) is 12.5. The maximum atomic E-state index is 14.8. The van der Waals surface area contributed by atoms with Gasteiger partial charge in [0.1, 0.15) is 17.3 Å². The Bertz CT molecular complexity index is 2200. The summed E-state index contributed by atoms with van der Waals surface area (Å²) < 4.78 is 82.8. The van der Waals surface area contributed by atoms with Gasteiger partial charge >= 0.3 is 0 Å². The number of sulfonamides is 1. The maximum Gasteiger partial charge on any atom is 0.282 e. The van der Waals surface area contributed by atoms with Crippen LogP contribution in [0.25, 0.3) is 22.0 Å². The summed E-state index contributed by atoms with van der Waals surface area (Å²) in [6.45, 7) is -0.318. The lowest BCUT2D eigenvalue weighted by atomic mass is 10.0. The number of benzene rings is 3. The van der Waals surface area contributed by atoms with E-state index in [1.54, 1.807) is 18.2 Å². The van der Waals surface area contributed by atoms with E-state index in [2.05, 4.69) is 20.9 Å². The molecule has 14 heteroatoms. The van der Waals surface area contributed by atoms with Crippen molar-refractivity contribution in [2.24, 2.45) is 0 Å². The second kappa shape index (κ2) is 11.5. The number of fused-ring (bicyclic) bond motifs is 1. The van der Waals surface area contributed by atoms with Gasteiger partial charge in [0.2, 0.25) is 0 Å². The number of nitrogens with zero attached hydrogens (tertiary/aromatic N) is 1. The number of halogens is 3. The minimum atomic E-state index is -4.57. The van der Waals surface area contributed by atoms with Gasteiger partial charge in [-0.25, -0.2) is 30.3 Å². The summed E-state index contributed by atoms with van der Waals surface area (Å²) in [5, 5.41) is 0.381. The third-order valence-corrected chi connectivity index (χ3v) is 9.22. The summed E-state index contributed by atoms with van der Waals surface area (Å²) in [6.07, 6.45) is 2.40. The first-order chi connectivity index (χ1) is 20.2. The Labute approximate surface area is 253 Å². The van der Waals surface area contributed by atoms with Crippen LogP contribution in [0.1, 0.15) is 21.6 Å². The molecule has 5 aromatic rings. The van der Waals surface area contributed by atoms with Crippen molar-refractivity contribution in [2.45, 2.75) is 17.2 Å². The Morgan fingerprint density at radius 3 is 2.44 bits per heavy atom. The fourth-order valence-electron chi connectivity index (χ4n) is 4.77. The first kappa shape index (κ1) is 30.3. The summed E-state index contributed by atoms with van der Waals surface area (Å²) in [4.78, 5) is 29.1. The van der Waals surface area contributed by atoms with Gasteiger partial charge in [0, 0.05) is 50.6 Å². The van der Waals surface area contributed by atoms with E-state index in [9.17, 15) is 35.2 Å². The molecule has 0 saturated carbocycles. The molecule has 0 fully saturated rings. The average Bonchev–Trinajstić information content (AvgIpc) is 3.22. The quantitative estimate of drug-likeness (QED) is 0.242. The zero-order valence-corrected chi connectivity index (χ0v) is 25.5. The molecule has 0 saturated heterocycles. The van der Waals surface area contributed by atoms with Gasteiger partial charge in [0.25, 0.3) is 21.5 Å². The van der Waals surface area contributed by atoms with E-state index in [1.807, 2.05) is 4.72 Å². The van der Waals surface area contributed by atoms with E-state index in [0.29, 0.717) is 21.4 Å². The highest BCUT2D eigenvalue weighted by Gasteiger charge is 2.29. The lowest BCUT2D eigenvalue weighted by Crippen LogP contribution is -2.33. The Balaban J connectivity index is 1.72. The highest BCUT2D eigenvalue weighted by molar-refractivity contribution is 9.10. The van der Waals surface area contributed by atoms with Crippen LogP contribution in [0, 0.1) is 11.6 Å². The van der Waals surface area contributed by atoms with Gasteiger partial charge < -0.3 is 9.55 Å². The van der Waals surface area contributed by atoms with Gasteiger partial charge in [-0.1, -0.05) is 34.1 Å². The number of carbonyl (C=O) groups is 1. The molecular formula is C29H22BrF2N3O6S2. The first-order valence-corrected chi connectivity index (χ1v) is 16.8. The van der Waals surface area contributed by atoms with Crippen LogP contribution in [0.2, 0.25) is 0 Å². The smallest absolute Gasteiger partial charge is 0.282 e. The standard InChI is InChI=1S/C29H22BrF2N3O6S2/c1-42(38,39)16-17-4-2-5-21(12-17)43(40,41)34-29(37)27-26(22-6-3-11-33-28(22)36)23-13-19(30)8-10-25(23)35(27)15-18-7-9-20(31)14-24(18)32/h2-14H,15-16H2,1H3,(H,33,36)(H,34,37). The number of nitrogens with one attached hydrogen (secondary N) is 2. The van der Waals surface area contributed by atoms with Crippen LogP contribution in [0.5, 0.6) is 0 Å². The number of aromatic nitrogens is 2. The van der Waals surface area contributed by atoms with E-state index in [-0.39, 0.29) is 39.4 Å². The monoisotopic (exact) mass is 689 g/mol. The predicted octanol–water partition coefficient (Wildman–Crippen LogP) is 4.75. The number of aromatic amines is 1. The molecule has 0 unspecified atom stereocenters. The van der Waals surface area contributed by atoms with Crippen LogP contribution in [0.3, 0.4) is 0 Å². The lowest BCUT2D eigenvalue weighted by Gasteiger charge is -2.14. The van der Waals surface area contributed by atoms with Crippen molar-refractivity contribution in [3.63, 3.8) is 0 Å². The van der Waals surface area contributed by atoms with Crippen molar-refractivity contribution in [3.8, 4) is 11.1 Å². The molecule has 2 N–H and O–H groups in total. The fraction of sp³-hybridized carbons (Fsp3) is 0.103. The second-order valence-corrected chi connectivity index (χ2v) is 14.5. The zero-order chi connectivity index (χ0) is 31.1. The minimum absolute atomic E-state index is 0.000114. The van der Waals surface area contributed by atoms with Gasteiger partial charge in [0.05, 0.1) is 17.2 Å². The highest BCUT2D eigenvalue weighted by atomic mass is 79.9. The van der Waals surface area contributed by atoms with Gasteiger partial charge in [-0.15, -0.1) is 0 Å². The number of pyridine rings is 1. The van der Waals surface area contributed by atoms with E-state index < -0.39 is 48.7 Å². The van der Waals surface area contributed by atoms with Crippen LogP contribution >= 0.6 is 15.9 Å². The molecule has 9 nitrogen and oxygen atoms in total. The number of H-pyrrole nitrogens is 1. The van der Waals surface area contributed by atoms with Crippen LogP contribution in [0.15, 0.2) is 93.2 Å². The van der Waals surface area contributed by atoms with Gasteiger partial charge in [0.15, 0.2) is 9.84 Å². The maximum absolute atomic E-state index is 14.8. The molecule has 2 heterocycles. The third-order valence-electron chi connectivity index (χ3n) is 6.54. The zero-order valence-electron chi connectivity index (χ0n) is 22.3. The molecule has 0 aliphatic heterocycles. The molecule has 1 amide bonds. The summed E-state index contributed by atoms with van der Waals surface area (Å²) >= 11 is 3.39. The normalized spacial score (nSPS) is 12.0. The van der Waals surface area contributed by atoms with Crippen LogP contribution in [-0.4, -0.2) is 38.5 Å². The van der Waals surface area contributed by atoms with Gasteiger partial charge in [-0.05, 0) is 54.1 Å². The molecule has 43 heavy (non-hydrogen) atoms. The van der Waals surface area contributed by atoms with Crippen LogP contribution in [0.4, 0.5) is 8.78 Å². The topological polar surface area (TPSA) is 135 Å². The van der Waals surface area contributed by atoms with Crippen LogP contribution in [-0.2, 0) is 32.2 Å². The fourth-order valence-corrected chi connectivity index (χ4v) is 6.94. The van der Waals surface area contributed by atoms with Gasteiger partial charge in [-0.2, -0.15) is 0 Å². The molecular weight excluding hydrogens is 668 g/mol. The molecule has 0 atom stereocenters. The molecule has 0 radical (unpaired) electrons. The van der Waals surface area contributed by atoms with E-state index in [1.165, 1.54) is 47.2 Å². The highest BCUT2D eigenvalue weighted by Crippen LogP contribution is 2.36. The Hall–Kier alpha value is -4.14. The summed E-state index contributed by atoms with van der Waals surface area (Å²) in [5.74, 6) is -3.25. The van der Waals surface area contributed by atoms with Crippen molar-refractivity contribution in [1.82, 2.24) is 14.3 Å². The van der Waals surface area contributed by atoms with Crippen molar-refractivity contribution in [1.29, 1.82) is 0 Å². The average molecular weight is 691 g/mol. The lowest BCUT2D eigenvalue weighted by molar-refractivity contribution is 0.0974. The Kier molecular flexibility index (Phi) is 8.11. The molecule has 222 valence electrons.